The lowest BCUT2D eigenvalue weighted by molar-refractivity contribution is -0.130. The first-order valence-electron chi connectivity index (χ1n) is 12.2. The fourth-order valence-electron chi connectivity index (χ4n) is 5.47. The molecule has 1 atom stereocenters. The second kappa shape index (κ2) is 11.5. The lowest BCUT2D eigenvalue weighted by Gasteiger charge is -2.40. The standard InChI is InChI=1S/C26H39ClN2O2/c1-3-13-26(20(2)30)14-17-29(18-15-26)16-12-24(22-10-7-11-23(27)19-22)28-25(31)21-8-5-4-6-9-21/h7,10-11,19,21,24H,3-6,8-9,12-18H2,1-2H3,(H,28,31). The zero-order valence-corrected chi connectivity index (χ0v) is 20.1. The predicted octanol–water partition coefficient (Wildman–Crippen LogP) is 5.94. The van der Waals surface area contributed by atoms with Gasteiger partial charge in [0.25, 0.3) is 0 Å². The Labute approximate surface area is 193 Å². The number of likely N-dealkylation sites (tertiary alicyclic amines) is 1. The Balaban J connectivity index is 1.61. The molecule has 1 aliphatic carbocycles. The van der Waals surface area contributed by atoms with Crippen molar-refractivity contribution in [3.05, 3.63) is 34.9 Å². The molecule has 1 aromatic rings. The van der Waals surface area contributed by atoms with E-state index in [0.29, 0.717) is 10.8 Å². The fraction of sp³-hybridized carbons (Fsp3) is 0.692. The number of piperidine rings is 1. The van der Waals surface area contributed by atoms with Crippen molar-refractivity contribution < 1.29 is 9.59 Å². The van der Waals surface area contributed by atoms with Crippen LogP contribution in [-0.2, 0) is 9.59 Å². The molecule has 1 heterocycles. The lowest BCUT2D eigenvalue weighted by Crippen LogP contribution is -2.44. The SMILES string of the molecule is CCCC1(C(C)=O)CCN(CCC(NC(=O)C2CCCCC2)c2cccc(Cl)c2)CC1. The maximum atomic E-state index is 13.0. The second-order valence-corrected chi connectivity index (χ2v) is 10.1. The Morgan fingerprint density at radius 3 is 2.52 bits per heavy atom. The number of hydrogen-bond acceptors (Lipinski definition) is 3. The molecule has 0 bridgehead atoms. The van der Waals surface area contributed by atoms with Gasteiger partial charge in [-0.15, -0.1) is 0 Å². The minimum absolute atomic E-state index is 0.0248. The Morgan fingerprint density at radius 1 is 1.19 bits per heavy atom. The van der Waals surface area contributed by atoms with E-state index < -0.39 is 0 Å². The molecule has 2 aliphatic rings. The summed E-state index contributed by atoms with van der Waals surface area (Å²) in [6, 6.07) is 7.86. The van der Waals surface area contributed by atoms with Gasteiger partial charge in [-0.3, -0.25) is 9.59 Å². The normalized spacial score (nSPS) is 20.9. The molecular weight excluding hydrogens is 408 g/mol. The minimum atomic E-state index is -0.118. The monoisotopic (exact) mass is 446 g/mol. The first-order valence-corrected chi connectivity index (χ1v) is 12.6. The zero-order chi connectivity index (χ0) is 22.3. The minimum Gasteiger partial charge on any atom is -0.349 e. The number of nitrogens with one attached hydrogen (secondary N) is 1. The van der Waals surface area contributed by atoms with Crippen LogP contribution in [-0.4, -0.2) is 36.2 Å². The van der Waals surface area contributed by atoms with Crippen LogP contribution in [0.15, 0.2) is 24.3 Å². The van der Waals surface area contributed by atoms with Crippen molar-refractivity contribution in [3.63, 3.8) is 0 Å². The zero-order valence-electron chi connectivity index (χ0n) is 19.3. The third-order valence-corrected chi connectivity index (χ3v) is 7.80. The van der Waals surface area contributed by atoms with Crippen molar-refractivity contribution in [2.45, 2.75) is 84.1 Å². The molecule has 0 aromatic heterocycles. The van der Waals surface area contributed by atoms with Gasteiger partial charge in [0, 0.05) is 22.9 Å². The lowest BCUT2D eigenvalue weighted by atomic mass is 9.72. The van der Waals surface area contributed by atoms with Crippen LogP contribution in [0.4, 0.5) is 0 Å². The summed E-state index contributed by atoms with van der Waals surface area (Å²) in [5, 5.41) is 4.05. The molecule has 0 spiro atoms. The topological polar surface area (TPSA) is 49.4 Å². The number of nitrogens with zero attached hydrogens (tertiary/aromatic N) is 1. The number of hydrogen-bond donors (Lipinski definition) is 1. The Hall–Kier alpha value is -1.39. The Bertz CT molecular complexity index is 737. The molecule has 1 amide bonds. The van der Waals surface area contributed by atoms with Gasteiger partial charge in [-0.1, -0.05) is 56.3 Å². The van der Waals surface area contributed by atoms with Crippen LogP contribution in [0.1, 0.15) is 89.7 Å². The van der Waals surface area contributed by atoms with E-state index in [1.165, 1.54) is 6.42 Å². The highest BCUT2D eigenvalue weighted by Crippen LogP contribution is 2.37. The van der Waals surface area contributed by atoms with Gasteiger partial charge in [0.15, 0.2) is 0 Å². The van der Waals surface area contributed by atoms with Crippen molar-refractivity contribution in [2.75, 3.05) is 19.6 Å². The molecular formula is C26H39ClN2O2. The average molecular weight is 447 g/mol. The van der Waals surface area contributed by atoms with Crippen molar-refractivity contribution in [3.8, 4) is 0 Å². The molecule has 2 fully saturated rings. The van der Waals surface area contributed by atoms with Crippen LogP contribution < -0.4 is 5.32 Å². The summed E-state index contributed by atoms with van der Waals surface area (Å²) < 4.78 is 0. The molecule has 172 valence electrons. The molecule has 31 heavy (non-hydrogen) atoms. The maximum Gasteiger partial charge on any atom is 0.223 e. The van der Waals surface area contributed by atoms with Crippen LogP contribution in [0.2, 0.25) is 5.02 Å². The molecule has 1 saturated heterocycles. The van der Waals surface area contributed by atoms with Crippen molar-refractivity contribution in [1.82, 2.24) is 10.2 Å². The van der Waals surface area contributed by atoms with Crippen molar-refractivity contribution >= 4 is 23.3 Å². The van der Waals surface area contributed by atoms with E-state index in [1.54, 1.807) is 6.92 Å². The summed E-state index contributed by atoms with van der Waals surface area (Å²) in [6.45, 7) is 6.77. The number of Topliss-reactive ketones (excluding diaryl/α,β-unsaturated/α-hetero) is 1. The Kier molecular flexibility index (Phi) is 8.97. The van der Waals surface area contributed by atoms with Crippen LogP contribution in [0, 0.1) is 11.3 Å². The van der Waals surface area contributed by atoms with Gasteiger partial charge in [-0.05, 0) is 76.2 Å². The summed E-state index contributed by atoms with van der Waals surface area (Å²) >= 11 is 6.26. The second-order valence-electron chi connectivity index (χ2n) is 9.67. The number of carbonyl (C=O) groups is 2. The van der Waals surface area contributed by atoms with Crippen LogP contribution in [0.3, 0.4) is 0 Å². The third-order valence-electron chi connectivity index (χ3n) is 7.57. The number of carbonyl (C=O) groups excluding carboxylic acids is 2. The van der Waals surface area contributed by atoms with Gasteiger partial charge in [0.05, 0.1) is 6.04 Å². The average Bonchev–Trinajstić information content (AvgIpc) is 2.78. The van der Waals surface area contributed by atoms with Crippen molar-refractivity contribution in [1.29, 1.82) is 0 Å². The highest BCUT2D eigenvalue weighted by Gasteiger charge is 2.37. The van der Waals surface area contributed by atoms with E-state index >= 15 is 0 Å². The maximum absolute atomic E-state index is 13.0. The van der Waals surface area contributed by atoms with Gasteiger partial charge in [0.2, 0.25) is 5.91 Å². The summed E-state index contributed by atoms with van der Waals surface area (Å²) in [6.07, 6.45) is 10.4. The molecule has 3 rings (SSSR count). The predicted molar refractivity (Wildman–Crippen MR) is 127 cm³/mol. The summed E-state index contributed by atoms with van der Waals surface area (Å²) in [7, 11) is 0. The molecule has 1 unspecified atom stereocenters. The third kappa shape index (κ3) is 6.55. The quantitative estimate of drug-likeness (QED) is 0.510. The largest absolute Gasteiger partial charge is 0.349 e. The van der Waals surface area contributed by atoms with E-state index in [1.807, 2.05) is 18.2 Å². The van der Waals surface area contributed by atoms with Gasteiger partial charge < -0.3 is 10.2 Å². The number of benzene rings is 1. The summed E-state index contributed by atoms with van der Waals surface area (Å²) in [4.78, 5) is 27.7. The van der Waals surface area contributed by atoms with Crippen LogP contribution in [0.25, 0.3) is 0 Å². The first-order chi connectivity index (χ1) is 14.9. The fourth-order valence-corrected chi connectivity index (χ4v) is 5.67. The van der Waals surface area contributed by atoms with E-state index in [2.05, 4.69) is 23.2 Å². The van der Waals surface area contributed by atoms with Gasteiger partial charge >= 0.3 is 0 Å². The van der Waals surface area contributed by atoms with E-state index in [9.17, 15) is 9.59 Å². The number of rotatable bonds is 9. The number of ketones is 1. The van der Waals surface area contributed by atoms with Gasteiger partial charge in [0.1, 0.15) is 5.78 Å². The summed E-state index contributed by atoms with van der Waals surface area (Å²) in [5.74, 6) is 0.697. The number of amides is 1. The molecule has 1 saturated carbocycles. The molecule has 5 heteroatoms. The molecule has 4 nitrogen and oxygen atoms in total. The van der Waals surface area contributed by atoms with Crippen LogP contribution in [0.5, 0.6) is 0 Å². The molecule has 0 radical (unpaired) electrons. The highest BCUT2D eigenvalue weighted by atomic mass is 35.5. The van der Waals surface area contributed by atoms with Crippen molar-refractivity contribution in [2.24, 2.45) is 11.3 Å². The smallest absolute Gasteiger partial charge is 0.223 e. The van der Waals surface area contributed by atoms with Gasteiger partial charge in [-0.25, -0.2) is 0 Å². The van der Waals surface area contributed by atoms with Crippen LogP contribution >= 0.6 is 11.6 Å². The molecule has 1 aliphatic heterocycles. The van der Waals surface area contributed by atoms with Gasteiger partial charge in [-0.2, -0.15) is 0 Å². The molecule has 1 N–H and O–H groups in total. The highest BCUT2D eigenvalue weighted by molar-refractivity contribution is 6.30. The number of halogens is 1. The molecule has 1 aromatic carbocycles. The van der Waals surface area contributed by atoms with E-state index in [0.717, 1.165) is 83.0 Å². The van der Waals surface area contributed by atoms with E-state index in [-0.39, 0.29) is 23.3 Å². The van der Waals surface area contributed by atoms with E-state index in [4.69, 9.17) is 11.6 Å². The Morgan fingerprint density at radius 2 is 1.90 bits per heavy atom. The first kappa shape index (κ1) is 24.3. The summed E-state index contributed by atoms with van der Waals surface area (Å²) in [5.41, 5.74) is 0.963.